The van der Waals surface area contributed by atoms with Crippen molar-refractivity contribution in [3.8, 4) is 0 Å². The molecule has 1 unspecified atom stereocenters. The van der Waals surface area contributed by atoms with Gasteiger partial charge in [-0.2, -0.15) is 23.4 Å². The number of H-pyrrole nitrogens is 1. The number of halogens is 3. The number of nitrogens with one attached hydrogen (secondary N) is 2. The van der Waals surface area contributed by atoms with Gasteiger partial charge in [0.15, 0.2) is 5.82 Å². The summed E-state index contributed by atoms with van der Waals surface area (Å²) in [5, 5.41) is 23.3. The van der Waals surface area contributed by atoms with Crippen molar-refractivity contribution in [2.75, 3.05) is 12.4 Å². The van der Waals surface area contributed by atoms with Gasteiger partial charge in [0.25, 0.3) is 5.91 Å². The van der Waals surface area contributed by atoms with Gasteiger partial charge in [-0.05, 0) is 32.3 Å². The molecule has 182 valence electrons. The molecule has 33 heavy (non-hydrogen) atoms. The lowest BCUT2D eigenvalue weighted by molar-refractivity contribution is -0.145. The molecule has 1 aliphatic carbocycles. The molecule has 1 aliphatic rings. The first-order valence-electron chi connectivity index (χ1n) is 10.4. The SMILES string of the molecule is COCc1cc(C(=O)Nc2cc([C@H]3CC[C@@H](N(C(=O)O)C(C)CC(F)(F)F)C3)[nH]n2)n(C)n1. The average Bonchev–Trinajstić information content (AvgIpc) is 3.40. The fourth-order valence-corrected chi connectivity index (χ4v) is 4.38. The summed E-state index contributed by atoms with van der Waals surface area (Å²) >= 11 is 0. The van der Waals surface area contributed by atoms with Gasteiger partial charge in [-0.3, -0.25) is 14.6 Å². The van der Waals surface area contributed by atoms with Crippen LogP contribution in [0.4, 0.5) is 23.8 Å². The van der Waals surface area contributed by atoms with E-state index in [1.54, 1.807) is 19.2 Å². The van der Waals surface area contributed by atoms with Gasteiger partial charge >= 0.3 is 12.3 Å². The Morgan fingerprint density at radius 1 is 1.39 bits per heavy atom. The van der Waals surface area contributed by atoms with E-state index in [1.807, 2.05) is 0 Å². The van der Waals surface area contributed by atoms with Crippen molar-refractivity contribution in [2.24, 2.45) is 7.05 Å². The molecule has 3 N–H and O–H groups in total. The molecule has 0 aromatic carbocycles. The maximum Gasteiger partial charge on any atom is 0.407 e. The number of carboxylic acid groups (broad SMARTS) is 1. The van der Waals surface area contributed by atoms with E-state index >= 15 is 0 Å². The summed E-state index contributed by atoms with van der Waals surface area (Å²) in [6.07, 6.45) is -5.60. The number of hydrogen-bond acceptors (Lipinski definition) is 5. The minimum atomic E-state index is -4.44. The summed E-state index contributed by atoms with van der Waals surface area (Å²) in [6, 6.07) is 1.56. The van der Waals surface area contributed by atoms with Gasteiger partial charge in [0.05, 0.1) is 18.7 Å². The van der Waals surface area contributed by atoms with Crippen LogP contribution < -0.4 is 5.32 Å². The molecule has 0 radical (unpaired) electrons. The summed E-state index contributed by atoms with van der Waals surface area (Å²) in [6.45, 7) is 1.54. The topological polar surface area (TPSA) is 125 Å². The number of aryl methyl sites for hydroxylation is 1. The van der Waals surface area contributed by atoms with Gasteiger partial charge < -0.3 is 20.1 Å². The molecule has 0 aliphatic heterocycles. The number of ether oxygens (including phenoxy) is 1. The van der Waals surface area contributed by atoms with Crippen LogP contribution in [0.15, 0.2) is 12.1 Å². The smallest absolute Gasteiger partial charge is 0.407 e. The van der Waals surface area contributed by atoms with E-state index in [4.69, 9.17) is 4.74 Å². The summed E-state index contributed by atoms with van der Waals surface area (Å²) < 4.78 is 44.8. The van der Waals surface area contributed by atoms with Crippen LogP contribution in [0, 0.1) is 0 Å². The third kappa shape index (κ3) is 6.03. The number of carbonyl (C=O) groups is 2. The van der Waals surface area contributed by atoms with Crippen molar-refractivity contribution in [1.29, 1.82) is 0 Å². The highest BCUT2D eigenvalue weighted by atomic mass is 19.4. The third-order valence-corrected chi connectivity index (χ3v) is 5.76. The van der Waals surface area contributed by atoms with Crippen molar-refractivity contribution in [1.82, 2.24) is 24.9 Å². The Balaban J connectivity index is 1.64. The summed E-state index contributed by atoms with van der Waals surface area (Å²) in [5.41, 5.74) is 1.61. The second-order valence-electron chi connectivity index (χ2n) is 8.26. The van der Waals surface area contributed by atoms with Crippen LogP contribution in [-0.4, -0.2) is 67.4 Å². The van der Waals surface area contributed by atoms with Crippen LogP contribution in [0.25, 0.3) is 0 Å². The molecule has 0 spiro atoms. The second-order valence-corrected chi connectivity index (χ2v) is 8.26. The first-order chi connectivity index (χ1) is 15.5. The number of aromatic amines is 1. The van der Waals surface area contributed by atoms with Crippen LogP contribution >= 0.6 is 0 Å². The molecule has 1 saturated carbocycles. The number of methoxy groups -OCH3 is 1. The Labute approximate surface area is 188 Å². The Bertz CT molecular complexity index is 989. The van der Waals surface area contributed by atoms with E-state index in [-0.39, 0.29) is 18.3 Å². The highest BCUT2D eigenvalue weighted by Gasteiger charge is 2.40. The number of carbonyl (C=O) groups excluding carboxylic acids is 1. The highest BCUT2D eigenvalue weighted by Crippen LogP contribution is 2.38. The Morgan fingerprint density at radius 3 is 2.76 bits per heavy atom. The molecule has 0 bridgehead atoms. The summed E-state index contributed by atoms with van der Waals surface area (Å²) in [5.74, 6) is -0.237. The van der Waals surface area contributed by atoms with E-state index in [0.29, 0.717) is 36.3 Å². The molecule has 2 aromatic heterocycles. The van der Waals surface area contributed by atoms with E-state index in [0.717, 1.165) is 4.90 Å². The van der Waals surface area contributed by atoms with Crippen molar-refractivity contribution >= 4 is 17.8 Å². The molecule has 1 fully saturated rings. The van der Waals surface area contributed by atoms with Crippen molar-refractivity contribution in [2.45, 2.75) is 63.4 Å². The molecule has 10 nitrogen and oxygen atoms in total. The predicted molar refractivity (Wildman–Crippen MR) is 111 cm³/mol. The number of aromatic nitrogens is 4. The van der Waals surface area contributed by atoms with Gasteiger partial charge in [0, 0.05) is 43.9 Å². The number of rotatable bonds is 8. The normalized spacial score (nSPS) is 19.5. The summed E-state index contributed by atoms with van der Waals surface area (Å²) in [4.78, 5) is 25.1. The largest absolute Gasteiger partial charge is 0.465 e. The summed E-state index contributed by atoms with van der Waals surface area (Å²) in [7, 11) is 3.16. The molecule has 2 amide bonds. The lowest BCUT2D eigenvalue weighted by Gasteiger charge is -2.32. The van der Waals surface area contributed by atoms with E-state index in [9.17, 15) is 27.9 Å². The van der Waals surface area contributed by atoms with Crippen LogP contribution in [0.2, 0.25) is 0 Å². The van der Waals surface area contributed by atoms with Gasteiger partial charge in [0.1, 0.15) is 5.69 Å². The van der Waals surface area contributed by atoms with Crippen molar-refractivity contribution in [3.63, 3.8) is 0 Å². The molecule has 3 rings (SSSR count). The number of anilines is 1. The molecule has 2 aromatic rings. The minimum absolute atomic E-state index is 0.113. The van der Waals surface area contributed by atoms with Crippen LogP contribution in [0.1, 0.15) is 60.4 Å². The van der Waals surface area contributed by atoms with E-state index in [1.165, 1.54) is 18.7 Å². The van der Waals surface area contributed by atoms with Gasteiger partial charge in [-0.25, -0.2) is 4.79 Å². The zero-order valence-electron chi connectivity index (χ0n) is 18.5. The van der Waals surface area contributed by atoms with Crippen LogP contribution in [0.5, 0.6) is 0 Å². The van der Waals surface area contributed by atoms with Crippen molar-refractivity contribution in [3.05, 3.63) is 29.2 Å². The molecule has 0 saturated heterocycles. The lowest BCUT2D eigenvalue weighted by atomic mass is 10.0. The third-order valence-electron chi connectivity index (χ3n) is 5.76. The maximum absolute atomic E-state index is 12.8. The fourth-order valence-electron chi connectivity index (χ4n) is 4.38. The minimum Gasteiger partial charge on any atom is -0.465 e. The quantitative estimate of drug-likeness (QED) is 0.540. The molecular weight excluding hydrogens is 445 g/mol. The predicted octanol–water partition coefficient (Wildman–Crippen LogP) is 3.50. The van der Waals surface area contributed by atoms with E-state index in [2.05, 4.69) is 20.6 Å². The monoisotopic (exact) mass is 472 g/mol. The standard InChI is InChI=1S/C20H27F3N6O4/c1-11(9-20(21,22)23)29(19(31)32)14-5-4-12(6-14)15-8-17(26-25-15)24-18(30)16-7-13(10-33-3)27-28(16)2/h7-8,11-12,14H,4-6,9-10H2,1-3H3,(H,31,32)(H2,24,25,26,30)/t11?,12-,14+/m0/s1. The second kappa shape index (κ2) is 9.81. The zero-order valence-corrected chi connectivity index (χ0v) is 18.5. The molecule has 3 atom stereocenters. The fraction of sp³-hybridized carbons (Fsp3) is 0.600. The van der Waals surface area contributed by atoms with Crippen molar-refractivity contribution < 1.29 is 32.6 Å². The molecular formula is C20H27F3N6O4. The first-order valence-corrected chi connectivity index (χ1v) is 10.4. The number of hydrogen-bond donors (Lipinski definition) is 3. The Morgan fingerprint density at radius 2 is 2.12 bits per heavy atom. The Kier molecular flexibility index (Phi) is 7.30. The van der Waals surface area contributed by atoms with Gasteiger partial charge in [-0.15, -0.1) is 0 Å². The van der Waals surface area contributed by atoms with E-state index < -0.39 is 36.7 Å². The van der Waals surface area contributed by atoms with Gasteiger partial charge in [-0.1, -0.05) is 0 Å². The maximum atomic E-state index is 12.8. The number of alkyl halides is 3. The highest BCUT2D eigenvalue weighted by molar-refractivity contribution is 6.02. The lowest BCUT2D eigenvalue weighted by Crippen LogP contribution is -2.46. The van der Waals surface area contributed by atoms with Gasteiger partial charge in [0.2, 0.25) is 0 Å². The zero-order chi connectivity index (χ0) is 24.3. The number of nitrogens with zero attached hydrogens (tertiary/aromatic N) is 4. The number of amides is 2. The average molecular weight is 472 g/mol. The Hall–Kier alpha value is -3.09. The first kappa shape index (κ1) is 24.6. The van der Waals surface area contributed by atoms with Crippen LogP contribution in [0.3, 0.4) is 0 Å². The molecule has 2 heterocycles. The molecule has 13 heteroatoms. The van der Waals surface area contributed by atoms with Crippen LogP contribution in [-0.2, 0) is 18.4 Å².